The van der Waals surface area contributed by atoms with E-state index < -0.39 is 46.5 Å². The summed E-state index contributed by atoms with van der Waals surface area (Å²) in [4.78, 5) is 76.7. The summed E-state index contributed by atoms with van der Waals surface area (Å²) in [5.74, 6) is -1.67. The molecule has 3 aliphatic rings. The lowest BCUT2D eigenvalue weighted by atomic mass is 9.56. The van der Waals surface area contributed by atoms with Gasteiger partial charge >= 0.3 is 11.4 Å². The molecule has 0 bridgehead atoms. The van der Waals surface area contributed by atoms with Gasteiger partial charge in [0.25, 0.3) is 5.56 Å². The highest BCUT2D eigenvalue weighted by Gasteiger charge is 2.65. The molecule has 2 aromatic heterocycles. The third-order valence-corrected chi connectivity index (χ3v) is 11.7. The van der Waals surface area contributed by atoms with Gasteiger partial charge in [-0.1, -0.05) is 48.6 Å². The minimum atomic E-state index is -1.33. The lowest BCUT2D eigenvalue weighted by Gasteiger charge is -2.47. The summed E-state index contributed by atoms with van der Waals surface area (Å²) in [7, 11) is 4.61. The number of anilines is 1. The number of benzene rings is 3. The number of aromatic hydroxyl groups is 1. The van der Waals surface area contributed by atoms with Crippen LogP contribution in [0.4, 0.5) is 5.69 Å². The van der Waals surface area contributed by atoms with E-state index in [1.807, 2.05) is 6.08 Å². The largest absolute Gasteiger partial charge is 0.507 e. The molecule has 4 atom stereocenters. The minimum absolute atomic E-state index is 0.0132. The number of allylic oxidation sites excluding steroid dienone is 3. The number of para-hydroxylation sites is 2. The summed E-state index contributed by atoms with van der Waals surface area (Å²) in [5, 5.41) is 11.7. The summed E-state index contributed by atoms with van der Waals surface area (Å²) in [6.07, 6.45) is 3.94. The maximum absolute atomic E-state index is 14.7. The fourth-order valence-electron chi connectivity index (χ4n) is 8.94. The van der Waals surface area contributed by atoms with Gasteiger partial charge in [0.05, 0.1) is 54.9 Å². The number of aromatic nitrogens is 5. The first-order valence-electron chi connectivity index (χ1n) is 18.0. The quantitative estimate of drug-likeness (QED) is 0.176. The van der Waals surface area contributed by atoms with Crippen LogP contribution < -0.4 is 31.3 Å². The molecule has 14 nitrogen and oxygen atoms in total. The van der Waals surface area contributed by atoms with Crippen LogP contribution in [0.1, 0.15) is 42.1 Å². The van der Waals surface area contributed by atoms with Crippen molar-refractivity contribution in [1.29, 1.82) is 0 Å². The monoisotopic (exact) mass is 744 g/mol. The van der Waals surface area contributed by atoms with E-state index in [1.165, 1.54) is 33.1 Å². The van der Waals surface area contributed by atoms with Crippen molar-refractivity contribution < 1.29 is 24.2 Å². The number of fused-ring (bicyclic) bond motifs is 5. The van der Waals surface area contributed by atoms with Crippen LogP contribution in [0.2, 0.25) is 0 Å². The van der Waals surface area contributed by atoms with Gasteiger partial charge in [-0.05, 0) is 43.0 Å². The maximum atomic E-state index is 14.7. The van der Waals surface area contributed by atoms with Crippen LogP contribution in [0.25, 0.3) is 11.0 Å². The summed E-state index contributed by atoms with van der Waals surface area (Å²) in [6.45, 7) is 5.46. The zero-order chi connectivity index (χ0) is 38.9. The van der Waals surface area contributed by atoms with Crippen LogP contribution in [-0.2, 0) is 42.6 Å². The predicted octanol–water partition coefficient (Wildman–Crippen LogP) is 3.62. The first-order valence-corrected chi connectivity index (χ1v) is 18.0. The Morgan fingerprint density at radius 3 is 2.42 bits per heavy atom. The van der Waals surface area contributed by atoms with Crippen LogP contribution in [0.3, 0.4) is 0 Å². The number of hydrogen-bond acceptors (Lipinski definition) is 9. The molecule has 1 N–H and O–H groups in total. The number of phenolic OH excluding ortho intramolecular Hbond substituents is 1. The Morgan fingerprint density at radius 2 is 1.71 bits per heavy atom. The van der Waals surface area contributed by atoms with Gasteiger partial charge in [-0.25, -0.2) is 33.4 Å². The number of phenols is 1. The molecule has 282 valence electrons. The maximum Gasteiger partial charge on any atom is 0.347 e. The molecule has 1 saturated carbocycles. The molecule has 14 heteroatoms. The minimum Gasteiger partial charge on any atom is -0.507 e. The number of imide groups is 1. The zero-order valence-corrected chi connectivity index (χ0v) is 30.9. The van der Waals surface area contributed by atoms with Crippen molar-refractivity contribution in [2.75, 3.05) is 19.1 Å². The van der Waals surface area contributed by atoms with E-state index in [1.54, 1.807) is 80.7 Å². The molecule has 2 amide bonds. The lowest BCUT2D eigenvalue weighted by molar-refractivity contribution is -0.129. The Bertz CT molecular complexity index is 2650. The molecule has 2 aliphatic heterocycles. The average Bonchev–Trinajstić information content (AvgIpc) is 3.55. The van der Waals surface area contributed by atoms with E-state index in [4.69, 9.17) is 9.47 Å². The fourth-order valence-corrected chi connectivity index (χ4v) is 8.94. The number of rotatable bonds is 9. The smallest absolute Gasteiger partial charge is 0.347 e. The van der Waals surface area contributed by atoms with Crippen LogP contribution in [0.15, 0.2) is 99.4 Å². The predicted molar refractivity (Wildman–Crippen MR) is 204 cm³/mol. The molecule has 3 aromatic carbocycles. The fraction of sp³-hybridized carbons (Fsp3) is 0.317. The van der Waals surface area contributed by atoms with Gasteiger partial charge in [0.1, 0.15) is 11.4 Å². The van der Waals surface area contributed by atoms with Crippen molar-refractivity contribution in [2.24, 2.45) is 18.4 Å². The standard InChI is InChI=1S/C41H40N6O8/c1-6-11-23-12-10-15-26(35(23)48)34-25-16-19-45-39(52)44(18-17-28-37(50)43(3)31-22-33(55-5)32(54-4)21-29(31)42-28)40(53)47(45)30(25)20-27-36(49)46(38(51)41(27,34)2)24-13-8-7-9-14-24/h6-10,12-16,21-22,27,30,34,48H,1,11,17-20H2,2-5H3/t27-,30+,34+,41+/m0/s1. The van der Waals surface area contributed by atoms with Gasteiger partial charge in [0.2, 0.25) is 11.8 Å². The van der Waals surface area contributed by atoms with Gasteiger partial charge < -0.3 is 19.1 Å². The van der Waals surface area contributed by atoms with E-state index >= 15 is 0 Å². The highest BCUT2D eigenvalue weighted by Crippen LogP contribution is 2.62. The van der Waals surface area contributed by atoms with Crippen molar-refractivity contribution in [2.45, 2.75) is 51.2 Å². The molecule has 0 spiro atoms. The van der Waals surface area contributed by atoms with E-state index in [9.17, 15) is 29.1 Å². The highest BCUT2D eigenvalue weighted by atomic mass is 16.5. The summed E-state index contributed by atoms with van der Waals surface area (Å²) in [5.41, 5.74) is 0.383. The third kappa shape index (κ3) is 5.14. The molecule has 0 radical (unpaired) electrons. The molecule has 5 aromatic rings. The number of nitrogens with zero attached hydrogens (tertiary/aromatic N) is 6. The van der Waals surface area contributed by atoms with Gasteiger partial charge in [-0.15, -0.1) is 6.58 Å². The normalized spacial score (nSPS) is 21.6. The Labute approximate surface area is 314 Å². The molecular formula is C41H40N6O8. The summed E-state index contributed by atoms with van der Waals surface area (Å²) in [6, 6.07) is 16.6. The van der Waals surface area contributed by atoms with Crippen LogP contribution >= 0.6 is 0 Å². The van der Waals surface area contributed by atoms with Crippen molar-refractivity contribution in [3.63, 3.8) is 0 Å². The first kappa shape index (κ1) is 35.6. The number of carbonyl (C=O) groups excluding carboxylic acids is 2. The molecule has 0 unspecified atom stereocenters. The second kappa shape index (κ2) is 13.1. The zero-order valence-electron chi connectivity index (χ0n) is 30.9. The first-order chi connectivity index (χ1) is 26.5. The number of hydrogen-bond donors (Lipinski definition) is 1. The topological polar surface area (TPSA) is 160 Å². The van der Waals surface area contributed by atoms with Crippen LogP contribution in [0, 0.1) is 11.3 Å². The second-order valence-corrected chi connectivity index (χ2v) is 14.4. The van der Waals surface area contributed by atoms with Crippen molar-refractivity contribution >= 4 is 28.5 Å². The molecule has 4 heterocycles. The van der Waals surface area contributed by atoms with Gasteiger partial charge in [0.15, 0.2) is 11.5 Å². The Morgan fingerprint density at radius 1 is 0.982 bits per heavy atom. The lowest BCUT2D eigenvalue weighted by Crippen LogP contribution is -2.49. The Kier molecular flexibility index (Phi) is 8.50. The molecule has 1 saturated heterocycles. The molecule has 2 fully saturated rings. The van der Waals surface area contributed by atoms with Crippen molar-refractivity contribution in [3.05, 3.63) is 133 Å². The number of amides is 2. The van der Waals surface area contributed by atoms with Gasteiger partial charge in [0, 0.05) is 43.6 Å². The molecule has 55 heavy (non-hydrogen) atoms. The number of ether oxygens (including phenoxy) is 2. The van der Waals surface area contributed by atoms with Gasteiger partial charge in [-0.2, -0.15) is 0 Å². The SMILES string of the molecule is C=CCc1cccc([C@H]2C3=CCn4c(=O)n(CCc5nc6cc(OC)c(OC)cc6n(C)c5=O)c(=O)n4[C@@H]3C[C@H]3C(=O)N(c4ccccc4)C(=O)[C@@]23C)c1O. The van der Waals surface area contributed by atoms with E-state index in [0.29, 0.717) is 51.3 Å². The van der Waals surface area contributed by atoms with E-state index in [2.05, 4.69) is 11.6 Å². The van der Waals surface area contributed by atoms with Crippen molar-refractivity contribution in [3.8, 4) is 17.2 Å². The Balaban J connectivity index is 1.22. The van der Waals surface area contributed by atoms with Gasteiger partial charge in [-0.3, -0.25) is 14.4 Å². The third-order valence-electron chi connectivity index (χ3n) is 11.7. The molecule has 8 rings (SSSR count). The highest BCUT2D eigenvalue weighted by molar-refractivity contribution is 6.24. The van der Waals surface area contributed by atoms with Crippen LogP contribution in [-0.4, -0.2) is 54.6 Å². The van der Waals surface area contributed by atoms with Crippen molar-refractivity contribution in [1.82, 2.24) is 23.5 Å². The van der Waals surface area contributed by atoms with E-state index in [-0.39, 0.29) is 42.9 Å². The number of aryl methyl sites for hydroxylation is 2. The second-order valence-electron chi connectivity index (χ2n) is 14.4. The molecular weight excluding hydrogens is 704 g/mol. The summed E-state index contributed by atoms with van der Waals surface area (Å²) < 4.78 is 16.1. The average molecular weight is 745 g/mol. The van der Waals surface area contributed by atoms with E-state index in [0.717, 1.165) is 4.57 Å². The number of methoxy groups -OCH3 is 2. The summed E-state index contributed by atoms with van der Waals surface area (Å²) >= 11 is 0. The number of carbonyl (C=O) groups is 2. The Hall–Kier alpha value is -6.44. The molecule has 1 aliphatic carbocycles. The van der Waals surface area contributed by atoms with Crippen LogP contribution in [0.5, 0.6) is 17.2 Å².